The van der Waals surface area contributed by atoms with Gasteiger partial charge in [-0.1, -0.05) is 29.8 Å². The lowest BCUT2D eigenvalue weighted by Gasteiger charge is -2.07. The third kappa shape index (κ3) is 4.03. The van der Waals surface area contributed by atoms with E-state index in [-0.39, 0.29) is 5.91 Å². The summed E-state index contributed by atoms with van der Waals surface area (Å²) in [6, 6.07) is 13.3. The molecule has 0 bridgehead atoms. The van der Waals surface area contributed by atoms with Gasteiger partial charge in [-0.05, 0) is 42.5 Å². The van der Waals surface area contributed by atoms with E-state index in [1.165, 1.54) is 17.3 Å². The lowest BCUT2D eigenvalue weighted by Crippen LogP contribution is -2.19. The lowest BCUT2D eigenvalue weighted by molar-refractivity contribution is -0.115. The van der Waals surface area contributed by atoms with E-state index in [1.54, 1.807) is 32.4 Å². The zero-order chi connectivity index (χ0) is 17.8. The number of carbonyl (C=O) groups is 1. The number of hydrogen-bond acceptors (Lipinski definition) is 5. The lowest BCUT2D eigenvalue weighted by atomic mass is 10.1. The maximum atomic E-state index is 12.2. The topological polar surface area (TPSA) is 59.9 Å². The molecule has 1 N–H and O–H groups in total. The Morgan fingerprint density at radius 1 is 1.08 bits per heavy atom. The summed E-state index contributed by atoms with van der Waals surface area (Å²) in [5.41, 5.74) is 2.79. The van der Waals surface area contributed by atoms with E-state index in [4.69, 9.17) is 9.47 Å². The van der Waals surface area contributed by atoms with E-state index < -0.39 is 0 Å². The molecule has 6 heteroatoms. The molecule has 1 aliphatic heterocycles. The van der Waals surface area contributed by atoms with Crippen LogP contribution in [0, 0.1) is 6.92 Å². The number of rotatable bonds is 4. The molecule has 1 saturated heterocycles. The minimum atomic E-state index is -0.156. The second kappa shape index (κ2) is 7.44. The van der Waals surface area contributed by atoms with Crippen molar-refractivity contribution in [2.45, 2.75) is 6.92 Å². The maximum absolute atomic E-state index is 12.2. The molecule has 0 saturated carbocycles. The minimum Gasteiger partial charge on any atom is -0.497 e. The molecule has 25 heavy (non-hydrogen) atoms. The van der Waals surface area contributed by atoms with Crippen molar-refractivity contribution in [3.8, 4) is 11.5 Å². The third-order valence-corrected chi connectivity index (χ3v) is 4.54. The van der Waals surface area contributed by atoms with Crippen LogP contribution in [0.5, 0.6) is 11.5 Å². The van der Waals surface area contributed by atoms with E-state index in [1.807, 2.05) is 37.3 Å². The number of aryl methyl sites for hydroxylation is 1. The number of amides is 1. The number of amidine groups is 1. The van der Waals surface area contributed by atoms with E-state index in [0.29, 0.717) is 27.3 Å². The summed E-state index contributed by atoms with van der Waals surface area (Å²) in [7, 11) is 3.16. The molecule has 128 valence electrons. The standard InChI is InChI=1S/C19H18N2O3S/c1-12-4-6-13(7-5-12)10-17-18(22)21-19(25-17)20-15-9-8-14(23-2)11-16(15)24-3/h4-11H,1-3H3,(H,20,21,22). The summed E-state index contributed by atoms with van der Waals surface area (Å²) in [5, 5.41) is 3.30. The van der Waals surface area contributed by atoms with Crippen LogP contribution in [-0.4, -0.2) is 25.3 Å². The largest absolute Gasteiger partial charge is 0.497 e. The fourth-order valence-corrected chi connectivity index (χ4v) is 3.12. The van der Waals surface area contributed by atoms with E-state index in [0.717, 1.165) is 5.56 Å². The summed E-state index contributed by atoms with van der Waals surface area (Å²) in [6.07, 6.45) is 1.85. The number of hydrogen-bond donors (Lipinski definition) is 1. The molecule has 3 rings (SSSR count). The van der Waals surface area contributed by atoms with Crippen molar-refractivity contribution in [2.24, 2.45) is 4.99 Å². The average Bonchev–Trinajstić information content (AvgIpc) is 2.96. The van der Waals surface area contributed by atoms with Gasteiger partial charge < -0.3 is 14.8 Å². The molecule has 1 aliphatic rings. The molecule has 0 unspecified atom stereocenters. The van der Waals surface area contributed by atoms with Crippen LogP contribution in [0.1, 0.15) is 11.1 Å². The van der Waals surface area contributed by atoms with Gasteiger partial charge in [0.05, 0.1) is 19.1 Å². The minimum absolute atomic E-state index is 0.156. The fraction of sp³-hybridized carbons (Fsp3) is 0.158. The van der Waals surface area contributed by atoms with Crippen LogP contribution in [0.4, 0.5) is 5.69 Å². The highest BCUT2D eigenvalue weighted by molar-refractivity contribution is 8.18. The molecule has 0 radical (unpaired) electrons. The van der Waals surface area contributed by atoms with Crippen LogP contribution >= 0.6 is 11.8 Å². The predicted molar refractivity (Wildman–Crippen MR) is 102 cm³/mol. The van der Waals surface area contributed by atoms with Crippen molar-refractivity contribution in [1.29, 1.82) is 0 Å². The SMILES string of the molecule is COc1ccc(N=C2NC(=O)C(=Cc3ccc(C)cc3)S2)c(OC)c1. The molecule has 1 fully saturated rings. The van der Waals surface area contributed by atoms with Crippen molar-refractivity contribution in [3.63, 3.8) is 0 Å². The molecule has 1 amide bonds. The van der Waals surface area contributed by atoms with Crippen LogP contribution in [0.2, 0.25) is 0 Å². The second-order valence-corrected chi connectivity index (χ2v) is 6.46. The van der Waals surface area contributed by atoms with E-state index in [2.05, 4.69) is 10.3 Å². The molecular formula is C19H18N2O3S. The molecule has 0 aliphatic carbocycles. The van der Waals surface area contributed by atoms with Crippen molar-refractivity contribution < 1.29 is 14.3 Å². The van der Waals surface area contributed by atoms with E-state index in [9.17, 15) is 4.79 Å². The van der Waals surface area contributed by atoms with Gasteiger partial charge in [-0.3, -0.25) is 4.79 Å². The molecule has 0 atom stereocenters. The van der Waals surface area contributed by atoms with Gasteiger partial charge in [0.1, 0.15) is 17.2 Å². The van der Waals surface area contributed by atoms with Crippen molar-refractivity contribution >= 4 is 34.6 Å². The monoisotopic (exact) mass is 354 g/mol. The average molecular weight is 354 g/mol. The summed E-state index contributed by atoms with van der Waals surface area (Å²) in [6.45, 7) is 2.03. The van der Waals surface area contributed by atoms with Gasteiger partial charge in [0.2, 0.25) is 0 Å². The van der Waals surface area contributed by atoms with Gasteiger partial charge >= 0.3 is 0 Å². The van der Waals surface area contributed by atoms with Crippen LogP contribution in [0.15, 0.2) is 52.4 Å². The Morgan fingerprint density at radius 3 is 2.52 bits per heavy atom. The Hall–Kier alpha value is -2.73. The zero-order valence-electron chi connectivity index (χ0n) is 14.2. The normalized spacial score (nSPS) is 17.0. The quantitative estimate of drug-likeness (QED) is 0.846. The van der Waals surface area contributed by atoms with Crippen molar-refractivity contribution in [1.82, 2.24) is 5.32 Å². The molecule has 0 spiro atoms. The first-order valence-electron chi connectivity index (χ1n) is 7.67. The summed E-state index contributed by atoms with van der Waals surface area (Å²) >= 11 is 1.31. The number of thioether (sulfide) groups is 1. The van der Waals surface area contributed by atoms with Crippen LogP contribution in [0.25, 0.3) is 6.08 Å². The van der Waals surface area contributed by atoms with Gasteiger partial charge in [-0.15, -0.1) is 0 Å². The number of aliphatic imine (C=N–C) groups is 1. The summed E-state index contributed by atoms with van der Waals surface area (Å²) in [5.74, 6) is 1.11. The number of methoxy groups -OCH3 is 2. The van der Waals surface area contributed by atoms with Crippen molar-refractivity contribution in [2.75, 3.05) is 14.2 Å². The maximum Gasteiger partial charge on any atom is 0.264 e. The molecule has 2 aromatic carbocycles. The number of benzene rings is 2. The molecule has 0 aromatic heterocycles. The molecule has 5 nitrogen and oxygen atoms in total. The molecule has 1 heterocycles. The molecule has 2 aromatic rings. The van der Waals surface area contributed by atoms with E-state index >= 15 is 0 Å². The van der Waals surface area contributed by atoms with Crippen LogP contribution < -0.4 is 14.8 Å². The van der Waals surface area contributed by atoms with Gasteiger partial charge in [0.25, 0.3) is 5.91 Å². The smallest absolute Gasteiger partial charge is 0.264 e. The second-order valence-electron chi connectivity index (χ2n) is 5.43. The van der Waals surface area contributed by atoms with Gasteiger partial charge in [-0.25, -0.2) is 4.99 Å². The number of nitrogens with one attached hydrogen (secondary N) is 1. The first-order valence-corrected chi connectivity index (χ1v) is 8.49. The van der Waals surface area contributed by atoms with Gasteiger partial charge in [0.15, 0.2) is 5.17 Å². The van der Waals surface area contributed by atoms with Crippen LogP contribution in [0.3, 0.4) is 0 Å². The highest BCUT2D eigenvalue weighted by Gasteiger charge is 2.24. The predicted octanol–water partition coefficient (Wildman–Crippen LogP) is 3.90. The Balaban J connectivity index is 1.85. The van der Waals surface area contributed by atoms with Gasteiger partial charge in [0, 0.05) is 6.07 Å². The Morgan fingerprint density at radius 2 is 1.84 bits per heavy atom. The Kier molecular flexibility index (Phi) is 5.09. The third-order valence-electron chi connectivity index (χ3n) is 3.63. The van der Waals surface area contributed by atoms with Crippen LogP contribution in [-0.2, 0) is 4.79 Å². The van der Waals surface area contributed by atoms with Crippen molar-refractivity contribution in [3.05, 3.63) is 58.5 Å². The zero-order valence-corrected chi connectivity index (χ0v) is 15.0. The number of nitrogens with zero attached hydrogens (tertiary/aromatic N) is 1. The first-order chi connectivity index (χ1) is 12.1. The summed E-state index contributed by atoms with van der Waals surface area (Å²) in [4.78, 5) is 17.3. The summed E-state index contributed by atoms with van der Waals surface area (Å²) < 4.78 is 10.5. The number of ether oxygens (including phenoxy) is 2. The fourth-order valence-electron chi connectivity index (χ4n) is 2.28. The Bertz CT molecular complexity index is 857. The highest BCUT2D eigenvalue weighted by atomic mass is 32.2. The Labute approximate surface area is 150 Å². The molecular weight excluding hydrogens is 336 g/mol. The highest BCUT2D eigenvalue weighted by Crippen LogP contribution is 2.34. The first kappa shape index (κ1) is 17.1. The van der Waals surface area contributed by atoms with Gasteiger partial charge in [-0.2, -0.15) is 0 Å². The number of carbonyl (C=O) groups excluding carboxylic acids is 1.